The summed E-state index contributed by atoms with van der Waals surface area (Å²) in [6, 6.07) is 5.95. The normalized spacial score (nSPS) is 27.0. The molecule has 0 bridgehead atoms. The van der Waals surface area contributed by atoms with Crippen molar-refractivity contribution >= 4 is 0 Å². The van der Waals surface area contributed by atoms with E-state index in [0.29, 0.717) is 0 Å². The first-order chi connectivity index (χ1) is 7.53. The van der Waals surface area contributed by atoms with Gasteiger partial charge in [-0.25, -0.2) is 4.39 Å². The van der Waals surface area contributed by atoms with E-state index in [1.165, 1.54) is 17.5 Å². The number of hydrogen-bond donors (Lipinski definition) is 1. The summed E-state index contributed by atoms with van der Waals surface area (Å²) in [5.74, 6) is 0. The molecule has 1 N–H and O–H groups in total. The molecule has 0 aliphatic carbocycles. The minimum atomic E-state index is -0.885. The monoisotopic (exact) mass is 221 g/mol. The zero-order valence-electron chi connectivity index (χ0n) is 10.3. The summed E-state index contributed by atoms with van der Waals surface area (Å²) in [6.45, 7) is 6.98. The molecular weight excluding hydrogens is 201 g/mol. The van der Waals surface area contributed by atoms with Crippen LogP contribution >= 0.6 is 0 Å². The van der Waals surface area contributed by atoms with Crippen molar-refractivity contribution in [1.29, 1.82) is 0 Å². The largest absolute Gasteiger partial charge is 0.308 e. The van der Waals surface area contributed by atoms with E-state index in [0.717, 1.165) is 18.5 Å². The Labute approximate surface area is 97.1 Å². The van der Waals surface area contributed by atoms with Crippen LogP contribution in [0.5, 0.6) is 0 Å². The molecule has 0 saturated carbocycles. The van der Waals surface area contributed by atoms with Crippen molar-refractivity contribution < 1.29 is 4.39 Å². The maximum atomic E-state index is 13.3. The molecule has 0 aromatic heterocycles. The maximum Gasteiger partial charge on any atom is 0.122 e. The first kappa shape index (κ1) is 11.6. The van der Waals surface area contributed by atoms with Gasteiger partial charge in [-0.3, -0.25) is 0 Å². The van der Waals surface area contributed by atoms with Crippen LogP contribution in [0.15, 0.2) is 18.2 Å². The molecule has 0 radical (unpaired) electrons. The van der Waals surface area contributed by atoms with Crippen LogP contribution in [0.2, 0.25) is 0 Å². The van der Waals surface area contributed by atoms with Gasteiger partial charge in [0.25, 0.3) is 0 Å². The number of rotatable bonds is 2. The van der Waals surface area contributed by atoms with E-state index in [4.69, 9.17) is 0 Å². The van der Waals surface area contributed by atoms with Crippen molar-refractivity contribution in [3.05, 3.63) is 34.9 Å². The molecular formula is C14H20FN. The summed E-state index contributed by atoms with van der Waals surface area (Å²) in [7, 11) is 0. The van der Waals surface area contributed by atoms with E-state index in [1.807, 2.05) is 18.2 Å². The highest BCUT2D eigenvalue weighted by Crippen LogP contribution is 2.34. The van der Waals surface area contributed by atoms with E-state index in [-0.39, 0.29) is 5.54 Å². The minimum Gasteiger partial charge on any atom is -0.308 e. The van der Waals surface area contributed by atoms with E-state index >= 15 is 0 Å². The molecule has 1 heterocycles. The van der Waals surface area contributed by atoms with Crippen molar-refractivity contribution in [2.75, 3.05) is 6.54 Å². The summed E-state index contributed by atoms with van der Waals surface area (Å²) in [5, 5.41) is 3.53. The molecule has 2 rings (SSSR count). The van der Waals surface area contributed by atoms with Gasteiger partial charge in [0.1, 0.15) is 6.17 Å². The maximum absolute atomic E-state index is 13.3. The van der Waals surface area contributed by atoms with E-state index < -0.39 is 6.17 Å². The second-order valence-corrected chi connectivity index (χ2v) is 5.05. The van der Waals surface area contributed by atoms with Crippen molar-refractivity contribution in [1.82, 2.24) is 5.32 Å². The van der Waals surface area contributed by atoms with Gasteiger partial charge < -0.3 is 5.32 Å². The summed E-state index contributed by atoms with van der Waals surface area (Å²) in [4.78, 5) is 0. The lowest BCUT2D eigenvalue weighted by Gasteiger charge is -2.27. The van der Waals surface area contributed by atoms with E-state index in [2.05, 4.69) is 19.2 Å². The lowest BCUT2D eigenvalue weighted by atomic mass is 9.86. The molecule has 2 heteroatoms. The molecule has 2 atom stereocenters. The van der Waals surface area contributed by atoms with Gasteiger partial charge in [-0.15, -0.1) is 0 Å². The van der Waals surface area contributed by atoms with Crippen LogP contribution in [0.25, 0.3) is 0 Å². The van der Waals surface area contributed by atoms with Crippen molar-refractivity contribution in [3.63, 3.8) is 0 Å². The van der Waals surface area contributed by atoms with Gasteiger partial charge in [-0.2, -0.15) is 0 Å². The predicted molar refractivity (Wildman–Crippen MR) is 65.3 cm³/mol. The topological polar surface area (TPSA) is 12.0 Å². The van der Waals surface area contributed by atoms with Crippen LogP contribution in [0, 0.1) is 6.92 Å². The average molecular weight is 221 g/mol. The minimum absolute atomic E-state index is 0.0367. The Morgan fingerprint density at radius 2 is 2.19 bits per heavy atom. The average Bonchev–Trinajstić information content (AvgIpc) is 2.66. The van der Waals surface area contributed by atoms with Gasteiger partial charge in [0, 0.05) is 5.54 Å². The van der Waals surface area contributed by atoms with Crippen molar-refractivity contribution in [2.45, 2.75) is 45.3 Å². The van der Waals surface area contributed by atoms with E-state index in [9.17, 15) is 4.39 Å². The fourth-order valence-corrected chi connectivity index (χ4v) is 2.61. The molecule has 1 aliphatic heterocycles. The predicted octanol–water partition coefficient (Wildman–Crippen LogP) is 3.62. The second kappa shape index (κ2) is 4.17. The van der Waals surface area contributed by atoms with Crippen LogP contribution in [-0.2, 0) is 5.54 Å². The molecule has 0 spiro atoms. The number of alkyl halides is 1. The molecule has 0 amide bonds. The smallest absolute Gasteiger partial charge is 0.122 e. The Bertz CT molecular complexity index is 378. The highest BCUT2D eigenvalue weighted by atomic mass is 19.1. The number of nitrogens with one attached hydrogen (secondary N) is 1. The lowest BCUT2D eigenvalue weighted by molar-refractivity contribution is 0.371. The van der Waals surface area contributed by atoms with Gasteiger partial charge in [0.15, 0.2) is 0 Å². The fourth-order valence-electron chi connectivity index (χ4n) is 2.61. The van der Waals surface area contributed by atoms with Gasteiger partial charge >= 0.3 is 0 Å². The number of hydrogen-bond acceptors (Lipinski definition) is 1. The molecule has 1 aromatic rings. The second-order valence-electron chi connectivity index (χ2n) is 5.05. The third-order valence-corrected chi connectivity index (χ3v) is 3.68. The third-order valence-electron chi connectivity index (χ3n) is 3.68. The molecule has 16 heavy (non-hydrogen) atoms. The molecule has 2 unspecified atom stereocenters. The van der Waals surface area contributed by atoms with Crippen molar-refractivity contribution in [2.24, 2.45) is 0 Å². The highest BCUT2D eigenvalue weighted by molar-refractivity contribution is 5.37. The quantitative estimate of drug-likeness (QED) is 0.804. The summed E-state index contributed by atoms with van der Waals surface area (Å²) in [5.41, 5.74) is 3.33. The molecule has 88 valence electrons. The van der Waals surface area contributed by atoms with Crippen LogP contribution in [0.3, 0.4) is 0 Å². The Balaban J connectivity index is 2.42. The Hall–Kier alpha value is -0.890. The first-order valence-corrected chi connectivity index (χ1v) is 6.03. The Morgan fingerprint density at radius 3 is 2.75 bits per heavy atom. The van der Waals surface area contributed by atoms with Gasteiger partial charge in [0.05, 0.1) is 0 Å². The van der Waals surface area contributed by atoms with Gasteiger partial charge in [0.2, 0.25) is 0 Å². The summed E-state index contributed by atoms with van der Waals surface area (Å²) < 4.78 is 13.3. The Kier molecular flexibility index (Phi) is 3.02. The van der Waals surface area contributed by atoms with Crippen molar-refractivity contribution in [3.8, 4) is 0 Å². The van der Waals surface area contributed by atoms with Gasteiger partial charge in [-0.1, -0.05) is 18.2 Å². The van der Waals surface area contributed by atoms with Crippen LogP contribution < -0.4 is 5.32 Å². The number of benzene rings is 1. The number of halogens is 1. The summed E-state index contributed by atoms with van der Waals surface area (Å²) >= 11 is 0. The third kappa shape index (κ3) is 1.99. The zero-order valence-corrected chi connectivity index (χ0v) is 10.3. The fraction of sp³-hybridized carbons (Fsp3) is 0.571. The highest BCUT2D eigenvalue weighted by Gasteiger charge is 2.31. The summed E-state index contributed by atoms with van der Waals surface area (Å²) in [6.07, 6.45) is 1.45. The SMILES string of the molecule is Cc1ccc(C(C)F)cc1C1(C)CCCN1. The van der Waals surface area contributed by atoms with Gasteiger partial charge in [-0.05, 0) is 56.8 Å². The first-order valence-electron chi connectivity index (χ1n) is 6.03. The van der Waals surface area contributed by atoms with E-state index in [1.54, 1.807) is 6.92 Å². The van der Waals surface area contributed by atoms with Crippen LogP contribution in [0.4, 0.5) is 4.39 Å². The molecule has 1 fully saturated rings. The van der Waals surface area contributed by atoms with Crippen LogP contribution in [0.1, 0.15) is 49.6 Å². The van der Waals surface area contributed by atoms with Crippen LogP contribution in [-0.4, -0.2) is 6.54 Å². The lowest BCUT2D eigenvalue weighted by Crippen LogP contribution is -2.34. The zero-order chi connectivity index (χ0) is 11.8. The molecule has 1 nitrogen and oxygen atoms in total. The molecule has 1 aliphatic rings. The molecule has 1 aromatic carbocycles. The number of aryl methyl sites for hydroxylation is 1. The standard InChI is InChI=1S/C14H20FN/c1-10-5-6-12(11(2)15)9-13(10)14(3)7-4-8-16-14/h5-6,9,11,16H,4,7-8H2,1-3H3. The molecule has 1 saturated heterocycles. The Morgan fingerprint density at radius 1 is 1.44 bits per heavy atom.